The molecule has 1 N–H and O–H groups in total. The lowest BCUT2D eigenvalue weighted by molar-refractivity contribution is 0.169. The molecule has 1 aromatic heterocycles. The van der Waals surface area contributed by atoms with Crippen molar-refractivity contribution in [3.05, 3.63) is 24.0 Å². The fourth-order valence-corrected chi connectivity index (χ4v) is 1.58. The van der Waals surface area contributed by atoms with E-state index in [9.17, 15) is 0 Å². The first-order chi connectivity index (χ1) is 8.08. The second kappa shape index (κ2) is 6.60. The van der Waals surface area contributed by atoms with Crippen molar-refractivity contribution < 1.29 is 4.74 Å². The van der Waals surface area contributed by atoms with Gasteiger partial charge in [0.25, 0.3) is 0 Å². The summed E-state index contributed by atoms with van der Waals surface area (Å²) in [6.45, 7) is 8.54. The van der Waals surface area contributed by atoms with Crippen LogP contribution in [0, 0.1) is 5.92 Å². The van der Waals surface area contributed by atoms with Crippen LogP contribution < -0.4 is 10.1 Å². The third-order valence-corrected chi connectivity index (χ3v) is 3.13. The minimum absolute atomic E-state index is 0.217. The van der Waals surface area contributed by atoms with Crippen molar-refractivity contribution in [3.63, 3.8) is 0 Å². The van der Waals surface area contributed by atoms with E-state index in [0.29, 0.717) is 12.0 Å². The lowest BCUT2D eigenvalue weighted by Gasteiger charge is -2.18. The van der Waals surface area contributed by atoms with Crippen LogP contribution in [-0.2, 0) is 0 Å². The molecule has 0 saturated heterocycles. The van der Waals surface area contributed by atoms with Gasteiger partial charge in [0.2, 0.25) is 0 Å². The highest BCUT2D eigenvalue weighted by Gasteiger charge is 2.11. The first kappa shape index (κ1) is 14.0. The number of ether oxygens (including phenoxy) is 1. The van der Waals surface area contributed by atoms with E-state index in [4.69, 9.17) is 4.74 Å². The van der Waals surface area contributed by atoms with Gasteiger partial charge in [-0.15, -0.1) is 0 Å². The zero-order valence-corrected chi connectivity index (χ0v) is 11.5. The number of nitrogens with one attached hydrogen (secondary N) is 1. The summed E-state index contributed by atoms with van der Waals surface area (Å²) in [7, 11) is 1.96. The van der Waals surface area contributed by atoms with Gasteiger partial charge in [-0.25, -0.2) is 0 Å². The summed E-state index contributed by atoms with van der Waals surface area (Å²) in [5.74, 6) is 1.36. The smallest absolute Gasteiger partial charge is 0.138 e. The van der Waals surface area contributed by atoms with E-state index < -0.39 is 0 Å². The lowest BCUT2D eigenvalue weighted by atomic mass is 10.1. The van der Waals surface area contributed by atoms with Crippen LogP contribution in [0.4, 0.5) is 0 Å². The molecule has 0 spiro atoms. The van der Waals surface area contributed by atoms with E-state index in [2.05, 4.69) is 38.0 Å². The highest BCUT2D eigenvalue weighted by Crippen LogP contribution is 2.19. The molecule has 0 bridgehead atoms. The summed E-state index contributed by atoms with van der Waals surface area (Å²) in [5, 5.41) is 3.24. The minimum atomic E-state index is 0.217. The molecule has 0 aliphatic rings. The first-order valence-electron chi connectivity index (χ1n) is 6.38. The van der Waals surface area contributed by atoms with Gasteiger partial charge in [-0.1, -0.05) is 20.8 Å². The van der Waals surface area contributed by atoms with E-state index in [-0.39, 0.29) is 6.10 Å². The maximum Gasteiger partial charge on any atom is 0.138 e. The van der Waals surface area contributed by atoms with Crippen molar-refractivity contribution in [2.24, 2.45) is 5.92 Å². The molecule has 1 rings (SSSR count). The van der Waals surface area contributed by atoms with Crippen molar-refractivity contribution >= 4 is 0 Å². The molecule has 96 valence electrons. The fraction of sp³-hybridized carbons (Fsp3) is 0.643. The molecule has 1 heterocycles. The van der Waals surface area contributed by atoms with E-state index in [1.807, 2.05) is 25.4 Å². The molecular formula is C14H24N2O. The Morgan fingerprint density at radius 2 is 2.00 bits per heavy atom. The second-order valence-electron chi connectivity index (χ2n) is 4.74. The molecule has 17 heavy (non-hydrogen) atoms. The first-order valence-corrected chi connectivity index (χ1v) is 6.38. The van der Waals surface area contributed by atoms with Gasteiger partial charge in [0.15, 0.2) is 0 Å². The van der Waals surface area contributed by atoms with Crippen LogP contribution in [0.25, 0.3) is 0 Å². The van der Waals surface area contributed by atoms with Gasteiger partial charge in [0.1, 0.15) is 5.75 Å². The topological polar surface area (TPSA) is 34.1 Å². The zero-order valence-electron chi connectivity index (χ0n) is 11.5. The third-order valence-electron chi connectivity index (χ3n) is 3.13. The Balaban J connectivity index is 2.67. The molecule has 0 saturated carbocycles. The fourth-order valence-electron chi connectivity index (χ4n) is 1.58. The number of rotatable bonds is 6. The van der Waals surface area contributed by atoms with Gasteiger partial charge in [-0.05, 0) is 38.4 Å². The zero-order chi connectivity index (χ0) is 12.8. The normalized spacial score (nSPS) is 14.7. The van der Waals surface area contributed by atoms with Gasteiger partial charge in [0, 0.05) is 6.04 Å². The van der Waals surface area contributed by atoms with Gasteiger partial charge >= 0.3 is 0 Å². The van der Waals surface area contributed by atoms with Crippen LogP contribution in [0.3, 0.4) is 0 Å². The Kier molecular flexibility index (Phi) is 5.42. The molecule has 0 aliphatic carbocycles. The van der Waals surface area contributed by atoms with Crippen LogP contribution in [0.15, 0.2) is 18.3 Å². The van der Waals surface area contributed by atoms with Crippen molar-refractivity contribution in [3.8, 4) is 5.75 Å². The SMILES string of the molecule is CCC(NC)c1ccc(OC(C)C(C)C)cn1. The summed E-state index contributed by atoms with van der Waals surface area (Å²) >= 11 is 0. The number of hydrogen-bond acceptors (Lipinski definition) is 3. The third kappa shape index (κ3) is 4.00. The molecule has 0 radical (unpaired) electrons. The average molecular weight is 236 g/mol. The van der Waals surface area contributed by atoms with Crippen molar-refractivity contribution in [1.29, 1.82) is 0 Å². The lowest BCUT2D eigenvalue weighted by Crippen LogP contribution is -2.19. The standard InChI is InChI=1S/C14H24N2O/c1-6-13(15-5)14-8-7-12(9-16-14)17-11(4)10(2)3/h7-11,13,15H,6H2,1-5H3. The Labute approximate surface area is 105 Å². The van der Waals surface area contributed by atoms with Crippen LogP contribution in [0.5, 0.6) is 5.75 Å². The number of hydrogen-bond donors (Lipinski definition) is 1. The molecule has 3 nitrogen and oxygen atoms in total. The van der Waals surface area contributed by atoms with Gasteiger partial charge in [-0.2, -0.15) is 0 Å². The van der Waals surface area contributed by atoms with Crippen LogP contribution in [0.1, 0.15) is 45.9 Å². The van der Waals surface area contributed by atoms with E-state index in [1.165, 1.54) is 0 Å². The van der Waals surface area contributed by atoms with E-state index in [1.54, 1.807) is 0 Å². The molecule has 1 aromatic rings. The van der Waals surface area contributed by atoms with Gasteiger partial charge in [0.05, 0.1) is 18.0 Å². The van der Waals surface area contributed by atoms with Crippen LogP contribution in [-0.4, -0.2) is 18.1 Å². The predicted molar refractivity (Wildman–Crippen MR) is 71.3 cm³/mol. The highest BCUT2D eigenvalue weighted by atomic mass is 16.5. The van der Waals surface area contributed by atoms with Crippen LogP contribution in [0.2, 0.25) is 0 Å². The summed E-state index contributed by atoms with van der Waals surface area (Å²) in [6.07, 6.45) is 3.06. The minimum Gasteiger partial charge on any atom is -0.489 e. The summed E-state index contributed by atoms with van der Waals surface area (Å²) in [5.41, 5.74) is 1.07. The second-order valence-corrected chi connectivity index (χ2v) is 4.74. The van der Waals surface area contributed by atoms with Crippen molar-refractivity contribution in [1.82, 2.24) is 10.3 Å². The Hall–Kier alpha value is -1.09. The molecule has 2 unspecified atom stereocenters. The predicted octanol–water partition coefficient (Wildman–Crippen LogP) is 3.18. The maximum absolute atomic E-state index is 5.79. The number of nitrogens with zero attached hydrogens (tertiary/aromatic N) is 1. The monoisotopic (exact) mass is 236 g/mol. The van der Waals surface area contributed by atoms with Crippen molar-refractivity contribution in [2.75, 3.05) is 7.05 Å². The maximum atomic E-state index is 5.79. The number of pyridine rings is 1. The molecule has 3 heteroatoms. The molecule has 0 fully saturated rings. The molecule has 0 aromatic carbocycles. The largest absolute Gasteiger partial charge is 0.489 e. The molecule has 0 aliphatic heterocycles. The van der Waals surface area contributed by atoms with E-state index in [0.717, 1.165) is 17.9 Å². The highest BCUT2D eigenvalue weighted by molar-refractivity contribution is 5.21. The van der Waals surface area contributed by atoms with Crippen LogP contribution >= 0.6 is 0 Å². The quantitative estimate of drug-likeness (QED) is 0.823. The molecule has 2 atom stereocenters. The summed E-state index contributed by atoms with van der Waals surface area (Å²) in [4.78, 5) is 4.45. The van der Waals surface area contributed by atoms with Gasteiger partial charge in [-0.3, -0.25) is 4.98 Å². The Morgan fingerprint density at radius 1 is 1.29 bits per heavy atom. The van der Waals surface area contributed by atoms with Crippen molar-refractivity contribution in [2.45, 2.75) is 46.3 Å². The summed E-state index contributed by atoms with van der Waals surface area (Å²) < 4.78 is 5.79. The summed E-state index contributed by atoms with van der Waals surface area (Å²) in [6, 6.07) is 4.36. The average Bonchev–Trinajstić information content (AvgIpc) is 2.32. The molecular weight excluding hydrogens is 212 g/mol. The Bertz CT molecular complexity index is 317. The Morgan fingerprint density at radius 3 is 2.41 bits per heavy atom. The van der Waals surface area contributed by atoms with Gasteiger partial charge < -0.3 is 10.1 Å². The number of aromatic nitrogens is 1. The van der Waals surface area contributed by atoms with E-state index >= 15 is 0 Å². The molecule has 0 amide bonds.